The van der Waals surface area contributed by atoms with Crippen LogP contribution in [0.2, 0.25) is 0 Å². The molecule has 0 saturated carbocycles. The molecule has 1 aromatic rings. The lowest BCUT2D eigenvalue weighted by atomic mass is 10.1. The predicted molar refractivity (Wildman–Crippen MR) is 70.8 cm³/mol. The van der Waals surface area contributed by atoms with E-state index in [0.717, 1.165) is 36.4 Å². The van der Waals surface area contributed by atoms with E-state index in [1.807, 2.05) is 32.0 Å². The van der Waals surface area contributed by atoms with Gasteiger partial charge < -0.3 is 15.4 Å². The smallest absolute Gasteiger partial charge is 0.258 e. The number of ether oxygens (including phenoxy) is 1. The van der Waals surface area contributed by atoms with Crippen molar-refractivity contribution in [2.75, 3.05) is 19.7 Å². The molecule has 0 aliphatic carbocycles. The Balaban J connectivity index is 1.83. The minimum Gasteiger partial charge on any atom is -0.483 e. The summed E-state index contributed by atoms with van der Waals surface area (Å²) in [6.45, 7) is 5.91. The third kappa shape index (κ3) is 3.47. The summed E-state index contributed by atoms with van der Waals surface area (Å²) in [4.78, 5) is 11.7. The van der Waals surface area contributed by atoms with Crippen LogP contribution >= 0.6 is 0 Å². The van der Waals surface area contributed by atoms with E-state index >= 15 is 0 Å². The monoisotopic (exact) mass is 248 g/mol. The molecule has 1 aromatic carbocycles. The lowest BCUT2D eigenvalue weighted by molar-refractivity contribution is -0.123. The summed E-state index contributed by atoms with van der Waals surface area (Å²) in [7, 11) is 0. The van der Waals surface area contributed by atoms with Crippen molar-refractivity contribution in [1.29, 1.82) is 0 Å². The van der Waals surface area contributed by atoms with Crippen LogP contribution in [0.3, 0.4) is 0 Å². The summed E-state index contributed by atoms with van der Waals surface area (Å²) in [5.41, 5.74) is 2.19. The quantitative estimate of drug-likeness (QED) is 0.840. The molecule has 0 aromatic heterocycles. The Labute approximate surface area is 108 Å². The highest BCUT2D eigenvalue weighted by molar-refractivity contribution is 5.78. The van der Waals surface area contributed by atoms with Gasteiger partial charge in [-0.3, -0.25) is 4.79 Å². The number of aryl methyl sites for hydroxylation is 2. The van der Waals surface area contributed by atoms with Crippen molar-refractivity contribution < 1.29 is 9.53 Å². The van der Waals surface area contributed by atoms with E-state index in [1.54, 1.807) is 0 Å². The van der Waals surface area contributed by atoms with E-state index in [9.17, 15) is 4.79 Å². The van der Waals surface area contributed by atoms with E-state index in [1.165, 1.54) is 0 Å². The maximum Gasteiger partial charge on any atom is 0.258 e. The molecule has 1 unspecified atom stereocenters. The predicted octanol–water partition coefficient (Wildman–Crippen LogP) is 1.16. The Hall–Kier alpha value is -1.55. The van der Waals surface area contributed by atoms with Crippen molar-refractivity contribution in [2.45, 2.75) is 26.3 Å². The summed E-state index contributed by atoms with van der Waals surface area (Å²) >= 11 is 0. The van der Waals surface area contributed by atoms with Gasteiger partial charge in [0, 0.05) is 12.6 Å². The van der Waals surface area contributed by atoms with Gasteiger partial charge in [0.1, 0.15) is 5.75 Å². The molecule has 98 valence electrons. The molecule has 1 fully saturated rings. The van der Waals surface area contributed by atoms with Crippen LogP contribution in [-0.4, -0.2) is 31.6 Å². The Morgan fingerprint density at radius 3 is 3.06 bits per heavy atom. The molecule has 4 nitrogen and oxygen atoms in total. The van der Waals surface area contributed by atoms with Crippen LogP contribution in [0.5, 0.6) is 5.75 Å². The molecule has 0 radical (unpaired) electrons. The third-order valence-electron chi connectivity index (χ3n) is 3.13. The third-order valence-corrected chi connectivity index (χ3v) is 3.13. The first-order chi connectivity index (χ1) is 8.65. The minimum absolute atomic E-state index is 0.0513. The van der Waals surface area contributed by atoms with E-state index < -0.39 is 0 Å². The van der Waals surface area contributed by atoms with Crippen LogP contribution in [0.4, 0.5) is 0 Å². The first kappa shape index (κ1) is 12.9. The molecule has 18 heavy (non-hydrogen) atoms. The molecule has 1 atom stereocenters. The Kier molecular flexibility index (Phi) is 4.20. The molecular formula is C14H20N2O2. The normalized spacial score (nSPS) is 18.7. The lowest BCUT2D eigenvalue weighted by Gasteiger charge is -2.13. The zero-order valence-electron chi connectivity index (χ0n) is 11.0. The highest BCUT2D eigenvalue weighted by Crippen LogP contribution is 2.18. The van der Waals surface area contributed by atoms with Gasteiger partial charge in [-0.25, -0.2) is 0 Å². The number of benzene rings is 1. The first-order valence-electron chi connectivity index (χ1n) is 6.35. The van der Waals surface area contributed by atoms with Crippen LogP contribution in [0.25, 0.3) is 0 Å². The molecule has 4 heteroatoms. The van der Waals surface area contributed by atoms with Crippen LogP contribution in [0, 0.1) is 13.8 Å². The average molecular weight is 248 g/mol. The first-order valence-corrected chi connectivity index (χ1v) is 6.35. The summed E-state index contributed by atoms with van der Waals surface area (Å²) in [6.07, 6.45) is 0.995. The number of rotatable bonds is 4. The lowest BCUT2D eigenvalue weighted by Crippen LogP contribution is -2.39. The van der Waals surface area contributed by atoms with Crippen LogP contribution in [-0.2, 0) is 4.79 Å². The van der Waals surface area contributed by atoms with Crippen LogP contribution in [0.15, 0.2) is 18.2 Å². The van der Waals surface area contributed by atoms with Crippen molar-refractivity contribution in [3.8, 4) is 5.75 Å². The van der Waals surface area contributed by atoms with Gasteiger partial charge in [-0.15, -0.1) is 0 Å². The van der Waals surface area contributed by atoms with E-state index in [2.05, 4.69) is 10.6 Å². The average Bonchev–Trinajstić information content (AvgIpc) is 2.83. The van der Waals surface area contributed by atoms with Crippen molar-refractivity contribution in [2.24, 2.45) is 0 Å². The molecule has 0 spiro atoms. The molecular weight excluding hydrogens is 228 g/mol. The summed E-state index contributed by atoms with van der Waals surface area (Å²) in [5, 5.41) is 6.17. The fourth-order valence-electron chi connectivity index (χ4n) is 2.05. The van der Waals surface area contributed by atoms with Gasteiger partial charge in [0.05, 0.1) is 0 Å². The second-order valence-corrected chi connectivity index (χ2v) is 4.81. The van der Waals surface area contributed by atoms with Gasteiger partial charge in [-0.1, -0.05) is 12.1 Å². The second kappa shape index (κ2) is 5.87. The fourth-order valence-corrected chi connectivity index (χ4v) is 2.05. The van der Waals surface area contributed by atoms with Crippen molar-refractivity contribution >= 4 is 5.91 Å². The second-order valence-electron chi connectivity index (χ2n) is 4.81. The zero-order chi connectivity index (χ0) is 13.0. The molecule has 1 aliphatic heterocycles. The van der Waals surface area contributed by atoms with Gasteiger partial charge in [0.15, 0.2) is 6.61 Å². The molecule has 2 rings (SSSR count). The summed E-state index contributed by atoms with van der Waals surface area (Å²) in [6, 6.07) is 6.25. The van der Waals surface area contributed by atoms with Gasteiger partial charge in [-0.05, 0) is 44.0 Å². The van der Waals surface area contributed by atoms with Crippen molar-refractivity contribution in [1.82, 2.24) is 10.6 Å². The topological polar surface area (TPSA) is 50.4 Å². The Morgan fingerprint density at radius 1 is 1.50 bits per heavy atom. The maximum atomic E-state index is 11.7. The highest BCUT2D eigenvalue weighted by Gasteiger charge is 2.16. The highest BCUT2D eigenvalue weighted by atomic mass is 16.5. The summed E-state index contributed by atoms with van der Waals surface area (Å²) in [5.74, 6) is 0.735. The number of nitrogens with one attached hydrogen (secondary N) is 2. The molecule has 1 saturated heterocycles. The standard InChI is InChI=1S/C14H20N2O2/c1-10-3-4-11(2)13(7-10)18-9-14(17)16-12-5-6-15-8-12/h3-4,7,12,15H,5-6,8-9H2,1-2H3,(H,16,17). The van der Waals surface area contributed by atoms with Crippen molar-refractivity contribution in [3.05, 3.63) is 29.3 Å². The molecule has 0 bridgehead atoms. The number of carbonyl (C=O) groups is 1. The Bertz CT molecular complexity index is 426. The van der Waals surface area contributed by atoms with E-state index in [4.69, 9.17) is 4.74 Å². The fraction of sp³-hybridized carbons (Fsp3) is 0.500. The van der Waals surface area contributed by atoms with Crippen LogP contribution in [0.1, 0.15) is 17.5 Å². The Morgan fingerprint density at radius 2 is 2.33 bits per heavy atom. The number of amides is 1. The zero-order valence-corrected chi connectivity index (χ0v) is 11.0. The number of hydrogen-bond acceptors (Lipinski definition) is 3. The largest absolute Gasteiger partial charge is 0.483 e. The molecule has 1 aliphatic rings. The van der Waals surface area contributed by atoms with Crippen molar-refractivity contribution in [3.63, 3.8) is 0 Å². The van der Waals surface area contributed by atoms with E-state index in [0.29, 0.717) is 0 Å². The molecule has 1 heterocycles. The summed E-state index contributed by atoms with van der Waals surface area (Å²) < 4.78 is 5.56. The minimum atomic E-state index is -0.0513. The van der Waals surface area contributed by atoms with E-state index in [-0.39, 0.29) is 18.6 Å². The SMILES string of the molecule is Cc1ccc(C)c(OCC(=O)NC2CCNC2)c1. The van der Waals surface area contributed by atoms with Gasteiger partial charge in [0.2, 0.25) is 0 Å². The van der Waals surface area contributed by atoms with Gasteiger partial charge in [0.25, 0.3) is 5.91 Å². The van der Waals surface area contributed by atoms with Crippen LogP contribution < -0.4 is 15.4 Å². The number of hydrogen-bond donors (Lipinski definition) is 2. The molecule has 1 amide bonds. The van der Waals surface area contributed by atoms with Gasteiger partial charge >= 0.3 is 0 Å². The van der Waals surface area contributed by atoms with Gasteiger partial charge in [-0.2, -0.15) is 0 Å². The molecule has 2 N–H and O–H groups in total. The maximum absolute atomic E-state index is 11.7. The number of carbonyl (C=O) groups excluding carboxylic acids is 1.